The largest absolute Gasteiger partial charge is 0.350 e. The molecule has 1 saturated heterocycles. The van der Waals surface area contributed by atoms with Crippen LogP contribution in [0.1, 0.15) is 22.1 Å². The van der Waals surface area contributed by atoms with Crippen LogP contribution >= 0.6 is 11.3 Å². The van der Waals surface area contributed by atoms with Gasteiger partial charge in [0.2, 0.25) is 0 Å². The second-order valence-corrected chi connectivity index (χ2v) is 5.31. The van der Waals surface area contributed by atoms with Gasteiger partial charge in [0.15, 0.2) is 5.69 Å². The number of rotatable bonds is 5. The highest BCUT2D eigenvalue weighted by Crippen LogP contribution is 2.10. The summed E-state index contributed by atoms with van der Waals surface area (Å²) < 4.78 is 1.75. The average Bonchev–Trinajstić information content (AvgIpc) is 2.97. The van der Waals surface area contributed by atoms with E-state index in [9.17, 15) is 4.79 Å². The van der Waals surface area contributed by atoms with Crippen LogP contribution in [-0.2, 0) is 6.42 Å². The third-order valence-corrected chi connectivity index (χ3v) is 3.89. The van der Waals surface area contributed by atoms with Gasteiger partial charge in [-0.1, -0.05) is 5.21 Å². The predicted octanol–water partition coefficient (Wildman–Crippen LogP) is 0.456. The molecule has 0 aromatic carbocycles. The van der Waals surface area contributed by atoms with Crippen LogP contribution in [0.2, 0.25) is 0 Å². The van der Waals surface area contributed by atoms with Crippen LogP contribution < -0.4 is 10.6 Å². The van der Waals surface area contributed by atoms with Crippen LogP contribution in [0.5, 0.6) is 0 Å². The van der Waals surface area contributed by atoms with Crippen LogP contribution in [0, 0.1) is 0 Å². The van der Waals surface area contributed by atoms with Gasteiger partial charge in [0.05, 0.1) is 12.2 Å². The molecule has 6 nitrogen and oxygen atoms in total. The first kappa shape index (κ1) is 12.3. The lowest BCUT2D eigenvalue weighted by atomic mass is 10.2. The molecule has 1 amide bonds. The van der Waals surface area contributed by atoms with E-state index in [1.165, 1.54) is 5.56 Å². The smallest absolute Gasteiger partial charge is 0.273 e. The van der Waals surface area contributed by atoms with E-state index in [1.54, 1.807) is 22.2 Å². The molecule has 0 radical (unpaired) electrons. The number of nitrogens with one attached hydrogen (secondary N) is 2. The molecule has 2 aromatic rings. The number of carbonyl (C=O) groups is 1. The Kier molecular flexibility index (Phi) is 3.56. The monoisotopic (exact) mass is 277 g/mol. The van der Waals surface area contributed by atoms with E-state index >= 15 is 0 Å². The molecule has 0 atom stereocenters. The number of thiophene rings is 1. The number of hydrogen-bond acceptors (Lipinski definition) is 5. The van der Waals surface area contributed by atoms with Gasteiger partial charge in [0.25, 0.3) is 5.91 Å². The molecule has 1 aliphatic rings. The Hall–Kier alpha value is -1.73. The van der Waals surface area contributed by atoms with Crippen LogP contribution in [0.3, 0.4) is 0 Å². The Balaban J connectivity index is 1.50. The van der Waals surface area contributed by atoms with Crippen molar-refractivity contribution in [3.63, 3.8) is 0 Å². The molecule has 3 heterocycles. The summed E-state index contributed by atoms with van der Waals surface area (Å²) in [5.74, 6) is -0.159. The van der Waals surface area contributed by atoms with Crippen molar-refractivity contribution in [1.29, 1.82) is 0 Å². The Labute approximate surface area is 114 Å². The molecule has 0 spiro atoms. The van der Waals surface area contributed by atoms with Crippen molar-refractivity contribution in [2.45, 2.75) is 12.5 Å². The molecular weight excluding hydrogens is 262 g/mol. The first-order valence-electron chi connectivity index (χ1n) is 6.25. The molecule has 2 aromatic heterocycles. The number of hydrogen-bond donors (Lipinski definition) is 2. The predicted molar refractivity (Wildman–Crippen MR) is 72.3 cm³/mol. The molecule has 100 valence electrons. The molecule has 3 rings (SSSR count). The lowest BCUT2D eigenvalue weighted by Crippen LogP contribution is -2.43. The minimum atomic E-state index is -0.159. The normalized spacial score (nSPS) is 15.2. The molecule has 1 aliphatic heterocycles. The lowest BCUT2D eigenvalue weighted by molar-refractivity contribution is 0.0949. The lowest BCUT2D eigenvalue weighted by Gasteiger charge is -2.26. The summed E-state index contributed by atoms with van der Waals surface area (Å²) in [6.45, 7) is 2.40. The van der Waals surface area contributed by atoms with Gasteiger partial charge in [-0.05, 0) is 28.8 Å². The van der Waals surface area contributed by atoms with E-state index in [1.807, 2.05) is 5.38 Å². The van der Waals surface area contributed by atoms with Gasteiger partial charge in [-0.25, -0.2) is 4.68 Å². The molecule has 1 fully saturated rings. The zero-order valence-electron chi connectivity index (χ0n) is 10.4. The van der Waals surface area contributed by atoms with Crippen molar-refractivity contribution in [3.05, 3.63) is 34.3 Å². The van der Waals surface area contributed by atoms with E-state index < -0.39 is 0 Å². The van der Waals surface area contributed by atoms with E-state index in [0.717, 1.165) is 19.5 Å². The first-order chi connectivity index (χ1) is 9.33. The van der Waals surface area contributed by atoms with Gasteiger partial charge < -0.3 is 10.6 Å². The van der Waals surface area contributed by atoms with Crippen LogP contribution in [0.4, 0.5) is 0 Å². The Morgan fingerprint density at radius 3 is 3.16 bits per heavy atom. The highest BCUT2D eigenvalue weighted by atomic mass is 32.1. The summed E-state index contributed by atoms with van der Waals surface area (Å²) in [5.41, 5.74) is 1.63. The fraction of sp³-hybridized carbons (Fsp3) is 0.417. The van der Waals surface area contributed by atoms with Gasteiger partial charge >= 0.3 is 0 Å². The van der Waals surface area contributed by atoms with E-state index in [4.69, 9.17) is 0 Å². The Morgan fingerprint density at radius 2 is 2.47 bits per heavy atom. The van der Waals surface area contributed by atoms with E-state index in [-0.39, 0.29) is 5.91 Å². The molecule has 7 heteroatoms. The standard InChI is InChI=1S/C12H15N5OS/c18-12(14-3-1-9-2-4-19-8-9)11-7-17(16-15-11)10-5-13-6-10/h2,4,7-8,10,13H,1,3,5-6H2,(H,14,18). The first-order valence-corrected chi connectivity index (χ1v) is 7.19. The molecule has 0 bridgehead atoms. The number of nitrogens with zero attached hydrogens (tertiary/aromatic N) is 3. The van der Waals surface area contributed by atoms with Crippen molar-refractivity contribution in [2.24, 2.45) is 0 Å². The highest BCUT2D eigenvalue weighted by Gasteiger charge is 2.21. The fourth-order valence-corrected chi connectivity index (χ4v) is 2.57. The maximum atomic E-state index is 11.9. The van der Waals surface area contributed by atoms with E-state index in [2.05, 4.69) is 32.4 Å². The summed E-state index contributed by atoms with van der Waals surface area (Å²) in [6.07, 6.45) is 2.56. The molecule has 19 heavy (non-hydrogen) atoms. The van der Waals surface area contributed by atoms with Gasteiger partial charge in [0, 0.05) is 19.6 Å². The van der Waals surface area contributed by atoms with Crippen LogP contribution in [0.15, 0.2) is 23.0 Å². The second-order valence-electron chi connectivity index (χ2n) is 4.53. The summed E-state index contributed by atoms with van der Waals surface area (Å²) in [6, 6.07) is 2.40. The average molecular weight is 277 g/mol. The molecule has 0 unspecified atom stereocenters. The fourth-order valence-electron chi connectivity index (χ4n) is 1.87. The van der Waals surface area contributed by atoms with Crippen molar-refractivity contribution in [1.82, 2.24) is 25.6 Å². The van der Waals surface area contributed by atoms with Crippen molar-refractivity contribution in [3.8, 4) is 0 Å². The van der Waals surface area contributed by atoms with Crippen molar-refractivity contribution in [2.75, 3.05) is 19.6 Å². The maximum absolute atomic E-state index is 11.9. The minimum absolute atomic E-state index is 0.159. The quantitative estimate of drug-likeness (QED) is 0.832. The second kappa shape index (κ2) is 5.50. The number of amides is 1. The molecule has 0 saturated carbocycles. The highest BCUT2D eigenvalue weighted by molar-refractivity contribution is 7.07. The topological polar surface area (TPSA) is 71.8 Å². The van der Waals surface area contributed by atoms with Gasteiger partial charge in [-0.15, -0.1) is 5.10 Å². The van der Waals surface area contributed by atoms with Crippen molar-refractivity contribution < 1.29 is 4.79 Å². The minimum Gasteiger partial charge on any atom is -0.350 e. The van der Waals surface area contributed by atoms with Gasteiger partial charge in [0.1, 0.15) is 0 Å². The summed E-state index contributed by atoms with van der Waals surface area (Å²) in [5, 5.41) is 18.0. The maximum Gasteiger partial charge on any atom is 0.273 e. The Morgan fingerprint density at radius 1 is 1.58 bits per heavy atom. The van der Waals surface area contributed by atoms with Crippen molar-refractivity contribution >= 4 is 17.2 Å². The molecule has 0 aliphatic carbocycles. The van der Waals surface area contributed by atoms with Gasteiger partial charge in [-0.3, -0.25) is 4.79 Å². The zero-order chi connectivity index (χ0) is 13.1. The van der Waals surface area contributed by atoms with Crippen LogP contribution in [0.25, 0.3) is 0 Å². The number of aromatic nitrogens is 3. The summed E-state index contributed by atoms with van der Waals surface area (Å²) in [4.78, 5) is 11.9. The Bertz CT molecular complexity index is 546. The van der Waals surface area contributed by atoms with Gasteiger partial charge in [-0.2, -0.15) is 11.3 Å². The third kappa shape index (κ3) is 2.82. The zero-order valence-corrected chi connectivity index (χ0v) is 11.2. The third-order valence-electron chi connectivity index (χ3n) is 3.16. The van der Waals surface area contributed by atoms with Crippen LogP contribution in [-0.4, -0.2) is 40.5 Å². The summed E-state index contributed by atoms with van der Waals surface area (Å²) >= 11 is 1.67. The SMILES string of the molecule is O=C(NCCc1ccsc1)c1cn(C2CNC2)nn1. The number of carbonyl (C=O) groups excluding carboxylic acids is 1. The molecular formula is C12H15N5OS. The summed E-state index contributed by atoms with van der Waals surface area (Å²) in [7, 11) is 0. The molecule has 2 N–H and O–H groups in total. The van der Waals surface area contributed by atoms with E-state index in [0.29, 0.717) is 18.3 Å².